The van der Waals surface area contributed by atoms with Gasteiger partial charge in [0.2, 0.25) is 11.7 Å². The minimum Gasteiger partial charge on any atom is -0.496 e. The van der Waals surface area contributed by atoms with Crippen molar-refractivity contribution in [3.8, 4) is 17.1 Å². The van der Waals surface area contributed by atoms with E-state index in [4.69, 9.17) is 9.26 Å². The van der Waals surface area contributed by atoms with Crippen LogP contribution in [0.15, 0.2) is 51.9 Å². The van der Waals surface area contributed by atoms with E-state index in [-0.39, 0.29) is 0 Å². The number of aromatic nitrogens is 2. The predicted octanol–water partition coefficient (Wildman–Crippen LogP) is 4.65. The molecule has 0 unspecified atom stereocenters. The van der Waals surface area contributed by atoms with Gasteiger partial charge in [0.25, 0.3) is 0 Å². The van der Waals surface area contributed by atoms with Crippen LogP contribution in [0.5, 0.6) is 5.75 Å². The van der Waals surface area contributed by atoms with Gasteiger partial charge in [-0.1, -0.05) is 35.0 Å². The first-order valence-electron chi connectivity index (χ1n) is 7.33. The Bertz CT molecular complexity index is 814. The van der Waals surface area contributed by atoms with Crippen molar-refractivity contribution in [1.29, 1.82) is 0 Å². The van der Waals surface area contributed by atoms with Crippen LogP contribution in [0.4, 0.5) is 0 Å². The average Bonchev–Trinajstić information content (AvgIpc) is 3.04. The zero-order valence-electron chi connectivity index (χ0n) is 13.4. The van der Waals surface area contributed by atoms with Gasteiger partial charge in [-0.2, -0.15) is 4.98 Å². The van der Waals surface area contributed by atoms with Crippen LogP contribution in [-0.4, -0.2) is 17.3 Å². The molecule has 0 aliphatic rings. The highest BCUT2D eigenvalue weighted by molar-refractivity contribution is 7.98. The van der Waals surface area contributed by atoms with Crippen LogP contribution in [0.2, 0.25) is 0 Å². The van der Waals surface area contributed by atoms with E-state index in [1.807, 2.05) is 24.3 Å². The molecule has 0 atom stereocenters. The van der Waals surface area contributed by atoms with Crippen molar-refractivity contribution < 1.29 is 9.26 Å². The van der Waals surface area contributed by atoms with Crippen LogP contribution >= 0.6 is 11.8 Å². The van der Waals surface area contributed by atoms with E-state index in [0.29, 0.717) is 17.5 Å². The SMILES string of the molecule is COc1ccccc1-c1noc(CSc2cc(C)ccc2C)n1. The van der Waals surface area contributed by atoms with Crippen LogP contribution in [-0.2, 0) is 5.75 Å². The predicted molar refractivity (Wildman–Crippen MR) is 91.8 cm³/mol. The molecular formula is C18H18N2O2S. The Hall–Kier alpha value is -2.27. The van der Waals surface area contributed by atoms with Gasteiger partial charge in [0, 0.05) is 4.90 Å². The molecule has 0 saturated carbocycles. The lowest BCUT2D eigenvalue weighted by Crippen LogP contribution is -1.89. The third-order valence-electron chi connectivity index (χ3n) is 3.51. The number of ether oxygens (including phenoxy) is 1. The monoisotopic (exact) mass is 326 g/mol. The summed E-state index contributed by atoms with van der Waals surface area (Å²) in [6.45, 7) is 4.20. The second-order valence-corrected chi connectivity index (χ2v) is 6.29. The van der Waals surface area contributed by atoms with E-state index >= 15 is 0 Å². The van der Waals surface area contributed by atoms with Gasteiger partial charge in [0.15, 0.2) is 0 Å². The van der Waals surface area contributed by atoms with Gasteiger partial charge < -0.3 is 9.26 Å². The zero-order chi connectivity index (χ0) is 16.2. The van der Waals surface area contributed by atoms with Crippen molar-refractivity contribution in [1.82, 2.24) is 10.1 Å². The molecule has 3 rings (SSSR count). The molecule has 0 amide bonds. The topological polar surface area (TPSA) is 48.2 Å². The number of aryl methyl sites for hydroxylation is 2. The number of rotatable bonds is 5. The summed E-state index contributed by atoms with van der Waals surface area (Å²) in [7, 11) is 1.64. The van der Waals surface area contributed by atoms with E-state index < -0.39 is 0 Å². The summed E-state index contributed by atoms with van der Waals surface area (Å²) >= 11 is 1.71. The molecule has 0 spiro atoms. The fraction of sp³-hybridized carbons (Fsp3) is 0.222. The molecule has 3 aromatic rings. The molecule has 1 aromatic heterocycles. The van der Waals surface area contributed by atoms with Crippen LogP contribution in [0.1, 0.15) is 17.0 Å². The van der Waals surface area contributed by atoms with Crippen LogP contribution in [0, 0.1) is 13.8 Å². The smallest absolute Gasteiger partial charge is 0.237 e. The molecule has 0 fully saturated rings. The molecule has 5 heteroatoms. The maximum Gasteiger partial charge on any atom is 0.237 e. The Morgan fingerprint density at radius 1 is 1.13 bits per heavy atom. The van der Waals surface area contributed by atoms with Gasteiger partial charge in [-0.3, -0.25) is 0 Å². The normalized spacial score (nSPS) is 10.7. The summed E-state index contributed by atoms with van der Waals surface area (Å²) in [6.07, 6.45) is 0. The number of hydrogen-bond donors (Lipinski definition) is 0. The van der Waals surface area contributed by atoms with Gasteiger partial charge >= 0.3 is 0 Å². The van der Waals surface area contributed by atoms with E-state index in [9.17, 15) is 0 Å². The highest BCUT2D eigenvalue weighted by Crippen LogP contribution is 2.30. The fourth-order valence-corrected chi connectivity index (χ4v) is 3.22. The Labute approximate surface area is 139 Å². The minimum absolute atomic E-state index is 0.555. The first-order chi connectivity index (χ1) is 11.2. The molecular weight excluding hydrogens is 308 g/mol. The van der Waals surface area contributed by atoms with Crippen molar-refractivity contribution >= 4 is 11.8 Å². The fourth-order valence-electron chi connectivity index (χ4n) is 2.25. The van der Waals surface area contributed by atoms with Crippen LogP contribution in [0.3, 0.4) is 0 Å². The Balaban J connectivity index is 1.76. The van der Waals surface area contributed by atoms with Crippen LogP contribution in [0.25, 0.3) is 11.4 Å². The number of hydrogen-bond acceptors (Lipinski definition) is 5. The molecule has 0 N–H and O–H groups in total. The molecule has 23 heavy (non-hydrogen) atoms. The molecule has 0 saturated heterocycles. The van der Waals surface area contributed by atoms with Gasteiger partial charge in [-0.15, -0.1) is 11.8 Å². The zero-order valence-corrected chi connectivity index (χ0v) is 14.2. The van der Waals surface area contributed by atoms with Crippen molar-refractivity contribution in [3.63, 3.8) is 0 Å². The largest absolute Gasteiger partial charge is 0.496 e. The molecule has 1 heterocycles. The molecule has 4 nitrogen and oxygen atoms in total. The maximum atomic E-state index is 5.37. The molecule has 0 bridgehead atoms. The highest BCUT2D eigenvalue weighted by Gasteiger charge is 2.13. The Morgan fingerprint density at radius 3 is 2.78 bits per heavy atom. The summed E-state index contributed by atoms with van der Waals surface area (Å²) in [6, 6.07) is 14.1. The number of benzene rings is 2. The van der Waals surface area contributed by atoms with E-state index in [0.717, 1.165) is 11.3 Å². The molecule has 0 aliphatic heterocycles. The summed E-state index contributed by atoms with van der Waals surface area (Å²) in [4.78, 5) is 5.72. The van der Waals surface area contributed by atoms with E-state index in [1.54, 1.807) is 18.9 Å². The van der Waals surface area contributed by atoms with Gasteiger partial charge in [0.05, 0.1) is 18.4 Å². The third kappa shape index (κ3) is 3.56. The molecule has 0 aliphatic carbocycles. The lowest BCUT2D eigenvalue weighted by atomic mass is 10.2. The molecule has 0 radical (unpaired) electrons. The number of thioether (sulfide) groups is 1. The number of nitrogens with zero attached hydrogens (tertiary/aromatic N) is 2. The number of methoxy groups -OCH3 is 1. The quantitative estimate of drug-likeness (QED) is 0.638. The highest BCUT2D eigenvalue weighted by atomic mass is 32.2. The second-order valence-electron chi connectivity index (χ2n) is 5.27. The van der Waals surface area contributed by atoms with Crippen LogP contribution < -0.4 is 4.74 Å². The summed E-state index contributed by atoms with van der Waals surface area (Å²) < 4.78 is 10.7. The number of para-hydroxylation sites is 1. The summed E-state index contributed by atoms with van der Waals surface area (Å²) in [5.41, 5.74) is 3.34. The lowest BCUT2D eigenvalue weighted by molar-refractivity contribution is 0.390. The van der Waals surface area contributed by atoms with Crippen molar-refractivity contribution in [2.75, 3.05) is 7.11 Å². The van der Waals surface area contributed by atoms with E-state index in [1.165, 1.54) is 16.0 Å². The average molecular weight is 326 g/mol. The molecule has 2 aromatic carbocycles. The third-order valence-corrected chi connectivity index (χ3v) is 4.65. The standard InChI is InChI=1S/C18H18N2O2S/c1-12-8-9-13(2)16(10-12)23-11-17-19-18(20-22-17)14-6-4-5-7-15(14)21-3/h4-10H,11H2,1-3H3. The Kier molecular flexibility index (Phi) is 4.67. The minimum atomic E-state index is 0.555. The first-order valence-corrected chi connectivity index (χ1v) is 8.32. The van der Waals surface area contributed by atoms with Gasteiger partial charge in [-0.25, -0.2) is 0 Å². The summed E-state index contributed by atoms with van der Waals surface area (Å²) in [5.74, 6) is 2.55. The summed E-state index contributed by atoms with van der Waals surface area (Å²) in [5, 5.41) is 4.07. The van der Waals surface area contributed by atoms with Crippen molar-refractivity contribution in [2.24, 2.45) is 0 Å². The maximum absolute atomic E-state index is 5.37. The Morgan fingerprint density at radius 2 is 1.96 bits per heavy atom. The van der Waals surface area contributed by atoms with Gasteiger partial charge in [-0.05, 0) is 37.6 Å². The van der Waals surface area contributed by atoms with Crippen molar-refractivity contribution in [3.05, 3.63) is 59.5 Å². The molecule has 118 valence electrons. The van der Waals surface area contributed by atoms with Crippen molar-refractivity contribution in [2.45, 2.75) is 24.5 Å². The van der Waals surface area contributed by atoms with E-state index in [2.05, 4.69) is 42.2 Å². The lowest BCUT2D eigenvalue weighted by Gasteiger charge is -2.04. The first kappa shape index (κ1) is 15.6. The van der Waals surface area contributed by atoms with Gasteiger partial charge in [0.1, 0.15) is 5.75 Å². The second kappa shape index (κ2) is 6.87.